The van der Waals surface area contributed by atoms with Crippen molar-refractivity contribution in [3.05, 3.63) is 32.6 Å². The van der Waals surface area contributed by atoms with Crippen molar-refractivity contribution < 1.29 is 0 Å². The topological polar surface area (TPSA) is 58.6 Å². The Labute approximate surface area is 101 Å². The summed E-state index contributed by atoms with van der Waals surface area (Å²) in [5.74, 6) is 0.685. The van der Waals surface area contributed by atoms with Crippen molar-refractivity contribution in [1.29, 1.82) is 0 Å². The molecule has 2 aromatic heterocycles. The van der Waals surface area contributed by atoms with Gasteiger partial charge in [0.1, 0.15) is 4.34 Å². The lowest BCUT2D eigenvalue weighted by atomic mass is 10.1. The van der Waals surface area contributed by atoms with Crippen LogP contribution >= 0.6 is 22.9 Å². The van der Waals surface area contributed by atoms with Crippen LogP contribution in [0, 0.1) is 0 Å². The first-order valence-electron chi connectivity index (χ1n) is 4.79. The van der Waals surface area contributed by atoms with Crippen molar-refractivity contribution in [2.24, 2.45) is 0 Å². The Balaban J connectivity index is 2.53. The van der Waals surface area contributed by atoms with Crippen LogP contribution in [0.25, 0.3) is 10.8 Å². The molecule has 0 fully saturated rings. The molecular weight excluding hydrogens is 246 g/mol. The van der Waals surface area contributed by atoms with E-state index in [0.29, 0.717) is 15.2 Å². The second kappa shape index (κ2) is 4.35. The summed E-state index contributed by atoms with van der Waals surface area (Å²) in [7, 11) is 0. The van der Waals surface area contributed by atoms with E-state index in [1.165, 1.54) is 17.4 Å². The number of nitrogens with zero attached hydrogens (tertiary/aromatic N) is 2. The molecule has 2 heterocycles. The molecule has 0 radical (unpaired) electrons. The quantitative estimate of drug-likeness (QED) is 0.898. The molecule has 1 N–H and O–H groups in total. The molecule has 0 bridgehead atoms. The predicted molar refractivity (Wildman–Crippen MR) is 65.1 cm³/mol. The lowest BCUT2D eigenvalue weighted by molar-refractivity contribution is 0.812. The molecule has 0 unspecified atom stereocenters. The van der Waals surface area contributed by atoms with Gasteiger partial charge in [-0.2, -0.15) is 0 Å². The number of aromatic nitrogens is 3. The van der Waals surface area contributed by atoms with Crippen LogP contribution in [0.15, 0.2) is 17.1 Å². The molecule has 84 valence electrons. The summed E-state index contributed by atoms with van der Waals surface area (Å²) in [4.78, 5) is 22.5. The van der Waals surface area contributed by atoms with E-state index >= 15 is 0 Å². The Morgan fingerprint density at radius 3 is 2.81 bits per heavy atom. The molecular formula is C10H10ClN3OS. The Kier molecular flexibility index (Phi) is 3.07. The average Bonchev–Trinajstić information content (AvgIpc) is 2.64. The van der Waals surface area contributed by atoms with Crippen LogP contribution in [0.1, 0.15) is 25.5 Å². The second-order valence-electron chi connectivity index (χ2n) is 3.64. The Hall–Kier alpha value is -1.20. The van der Waals surface area contributed by atoms with Gasteiger partial charge in [-0.25, -0.2) is 9.97 Å². The summed E-state index contributed by atoms with van der Waals surface area (Å²) in [6.07, 6.45) is 1.55. The highest BCUT2D eigenvalue weighted by atomic mass is 35.5. The van der Waals surface area contributed by atoms with Gasteiger partial charge >= 0.3 is 0 Å². The zero-order valence-corrected chi connectivity index (χ0v) is 10.4. The smallest absolute Gasteiger partial charge is 0.251 e. The van der Waals surface area contributed by atoms with Gasteiger partial charge in [0.15, 0.2) is 10.8 Å². The minimum Gasteiger partial charge on any atom is -0.304 e. The van der Waals surface area contributed by atoms with E-state index < -0.39 is 0 Å². The van der Waals surface area contributed by atoms with Gasteiger partial charge in [0.2, 0.25) is 0 Å². The van der Waals surface area contributed by atoms with Crippen LogP contribution in [0.2, 0.25) is 4.34 Å². The van der Waals surface area contributed by atoms with E-state index in [1.807, 2.05) is 13.8 Å². The third kappa shape index (κ3) is 2.31. The lowest BCUT2D eigenvalue weighted by Gasteiger charge is -2.04. The highest BCUT2D eigenvalue weighted by Gasteiger charge is 2.09. The SMILES string of the molecule is CC(C)c1cc(=O)[nH]c(-c2ncc(Cl)s2)n1. The van der Waals surface area contributed by atoms with Crippen LogP contribution in [-0.4, -0.2) is 15.0 Å². The number of H-pyrrole nitrogens is 1. The average molecular weight is 256 g/mol. The fourth-order valence-corrected chi connectivity index (χ4v) is 2.09. The van der Waals surface area contributed by atoms with Crippen LogP contribution in [0.5, 0.6) is 0 Å². The first-order chi connectivity index (χ1) is 7.56. The summed E-state index contributed by atoms with van der Waals surface area (Å²) in [6, 6.07) is 1.50. The fourth-order valence-electron chi connectivity index (χ4n) is 1.24. The molecule has 0 saturated carbocycles. The third-order valence-electron chi connectivity index (χ3n) is 2.03. The number of hydrogen-bond donors (Lipinski definition) is 1. The molecule has 2 rings (SSSR count). The van der Waals surface area contributed by atoms with Crippen LogP contribution < -0.4 is 5.56 Å². The molecule has 0 aromatic carbocycles. The van der Waals surface area contributed by atoms with Crippen molar-refractivity contribution >= 4 is 22.9 Å². The fraction of sp³-hybridized carbons (Fsp3) is 0.300. The zero-order chi connectivity index (χ0) is 11.7. The Morgan fingerprint density at radius 2 is 2.25 bits per heavy atom. The molecule has 0 aliphatic heterocycles. The summed E-state index contributed by atoms with van der Waals surface area (Å²) >= 11 is 7.08. The van der Waals surface area contributed by atoms with E-state index in [9.17, 15) is 4.79 Å². The molecule has 0 spiro atoms. The van der Waals surface area contributed by atoms with Gasteiger partial charge in [-0.15, -0.1) is 0 Å². The molecule has 0 aliphatic rings. The largest absolute Gasteiger partial charge is 0.304 e. The van der Waals surface area contributed by atoms with E-state index in [0.717, 1.165) is 5.69 Å². The van der Waals surface area contributed by atoms with Crippen molar-refractivity contribution in [2.45, 2.75) is 19.8 Å². The van der Waals surface area contributed by atoms with Crippen molar-refractivity contribution in [1.82, 2.24) is 15.0 Å². The van der Waals surface area contributed by atoms with Gasteiger partial charge in [-0.1, -0.05) is 36.8 Å². The first kappa shape index (κ1) is 11.3. The number of halogens is 1. The third-order valence-corrected chi connectivity index (χ3v) is 3.15. The maximum absolute atomic E-state index is 11.4. The minimum absolute atomic E-state index is 0.167. The van der Waals surface area contributed by atoms with E-state index in [2.05, 4.69) is 15.0 Å². The standard InChI is InChI=1S/C10H10ClN3OS/c1-5(2)6-3-8(15)14-9(13-6)10-12-4-7(11)16-10/h3-5H,1-2H3,(H,13,14,15). The Bertz CT molecular complexity index is 561. The molecule has 4 nitrogen and oxygen atoms in total. The lowest BCUT2D eigenvalue weighted by Crippen LogP contribution is -2.11. The monoisotopic (exact) mass is 255 g/mol. The minimum atomic E-state index is -0.167. The molecule has 6 heteroatoms. The van der Waals surface area contributed by atoms with Crippen molar-refractivity contribution in [3.63, 3.8) is 0 Å². The van der Waals surface area contributed by atoms with Gasteiger partial charge in [0.05, 0.1) is 11.9 Å². The maximum Gasteiger partial charge on any atom is 0.251 e. The van der Waals surface area contributed by atoms with Crippen LogP contribution in [0.4, 0.5) is 0 Å². The van der Waals surface area contributed by atoms with Crippen LogP contribution in [0.3, 0.4) is 0 Å². The maximum atomic E-state index is 11.4. The van der Waals surface area contributed by atoms with E-state index in [1.54, 1.807) is 6.20 Å². The summed E-state index contributed by atoms with van der Waals surface area (Å²) in [5, 5.41) is 0.629. The van der Waals surface area contributed by atoms with Gasteiger partial charge in [-0.3, -0.25) is 4.79 Å². The normalized spacial score (nSPS) is 11.0. The summed E-state index contributed by atoms with van der Waals surface area (Å²) in [5.41, 5.74) is 0.588. The van der Waals surface area contributed by atoms with Gasteiger partial charge in [0, 0.05) is 6.07 Å². The van der Waals surface area contributed by atoms with Gasteiger partial charge < -0.3 is 4.98 Å². The number of aromatic amines is 1. The highest BCUT2D eigenvalue weighted by Crippen LogP contribution is 2.25. The number of nitrogens with one attached hydrogen (secondary N) is 1. The Morgan fingerprint density at radius 1 is 1.50 bits per heavy atom. The zero-order valence-electron chi connectivity index (χ0n) is 8.82. The molecule has 16 heavy (non-hydrogen) atoms. The molecule has 2 aromatic rings. The number of rotatable bonds is 2. The molecule has 0 aliphatic carbocycles. The highest BCUT2D eigenvalue weighted by molar-refractivity contribution is 7.18. The first-order valence-corrected chi connectivity index (χ1v) is 5.98. The second-order valence-corrected chi connectivity index (χ2v) is 5.31. The molecule has 0 saturated heterocycles. The van der Waals surface area contributed by atoms with Gasteiger partial charge in [0.25, 0.3) is 5.56 Å². The van der Waals surface area contributed by atoms with E-state index in [-0.39, 0.29) is 11.5 Å². The number of thiazole rings is 1. The number of hydrogen-bond acceptors (Lipinski definition) is 4. The molecule has 0 amide bonds. The van der Waals surface area contributed by atoms with Crippen molar-refractivity contribution in [3.8, 4) is 10.8 Å². The van der Waals surface area contributed by atoms with Gasteiger partial charge in [-0.05, 0) is 5.92 Å². The predicted octanol–water partition coefficient (Wildman–Crippen LogP) is 2.67. The van der Waals surface area contributed by atoms with Crippen molar-refractivity contribution in [2.75, 3.05) is 0 Å². The van der Waals surface area contributed by atoms with Crippen LogP contribution in [-0.2, 0) is 0 Å². The summed E-state index contributed by atoms with van der Waals surface area (Å²) in [6.45, 7) is 3.97. The molecule has 0 atom stereocenters. The summed E-state index contributed by atoms with van der Waals surface area (Å²) < 4.78 is 0.576. The van der Waals surface area contributed by atoms with E-state index in [4.69, 9.17) is 11.6 Å².